The van der Waals surface area contributed by atoms with Gasteiger partial charge in [0.1, 0.15) is 0 Å². The number of nitriles is 1. The van der Waals surface area contributed by atoms with Crippen molar-refractivity contribution in [2.45, 2.75) is 76.2 Å². The Morgan fingerprint density at radius 2 is 1.61 bits per heavy atom. The largest absolute Gasteiger partial charge is 0.331 e. The van der Waals surface area contributed by atoms with E-state index in [4.69, 9.17) is 0 Å². The summed E-state index contributed by atoms with van der Waals surface area (Å²) >= 11 is 0. The van der Waals surface area contributed by atoms with Gasteiger partial charge in [-0.25, -0.2) is 13.1 Å². The minimum atomic E-state index is -3.26. The van der Waals surface area contributed by atoms with E-state index < -0.39 is 10.0 Å². The molecule has 33 heavy (non-hydrogen) atoms. The maximum absolute atomic E-state index is 11.6. The summed E-state index contributed by atoms with van der Waals surface area (Å²) in [4.78, 5) is 7.18. The summed E-state index contributed by atoms with van der Waals surface area (Å²) in [5.74, 6) is 0. The Balaban J connectivity index is 1.46. The molecular formula is C24H38N6O2S. The maximum Gasteiger partial charge on any atom is 0.208 e. The number of hydrogen-bond acceptors (Lipinski definition) is 7. The van der Waals surface area contributed by atoms with E-state index in [2.05, 4.69) is 43.1 Å². The third kappa shape index (κ3) is 5.92. The quantitative estimate of drug-likeness (QED) is 0.464. The van der Waals surface area contributed by atoms with Crippen LogP contribution in [0.25, 0.3) is 0 Å². The van der Waals surface area contributed by atoms with Gasteiger partial charge < -0.3 is 14.7 Å². The number of anilines is 2. The molecule has 1 atom stereocenters. The summed E-state index contributed by atoms with van der Waals surface area (Å²) < 4.78 is 25.7. The number of likely N-dealkylation sites (tertiary alicyclic amines) is 1. The van der Waals surface area contributed by atoms with Crippen molar-refractivity contribution in [2.24, 2.45) is 0 Å². The van der Waals surface area contributed by atoms with Crippen molar-refractivity contribution >= 4 is 21.4 Å². The fourth-order valence-corrected chi connectivity index (χ4v) is 6.33. The molecule has 1 saturated carbocycles. The molecule has 0 aromatic heterocycles. The monoisotopic (exact) mass is 474 g/mol. The third-order valence-corrected chi connectivity index (χ3v) is 8.15. The van der Waals surface area contributed by atoms with E-state index in [1.54, 1.807) is 0 Å². The Morgan fingerprint density at radius 3 is 2.24 bits per heavy atom. The van der Waals surface area contributed by atoms with Gasteiger partial charge in [-0.2, -0.15) is 5.26 Å². The lowest BCUT2D eigenvalue weighted by Crippen LogP contribution is -2.58. The van der Waals surface area contributed by atoms with Gasteiger partial charge in [0.05, 0.1) is 17.6 Å². The second kappa shape index (κ2) is 10.9. The van der Waals surface area contributed by atoms with Crippen molar-refractivity contribution in [3.05, 3.63) is 24.3 Å². The molecular weight excluding hydrogens is 436 g/mol. The summed E-state index contributed by atoms with van der Waals surface area (Å²) in [5, 5.41) is 12.5. The molecule has 1 unspecified atom stereocenters. The fourth-order valence-electron chi connectivity index (χ4n) is 5.86. The van der Waals surface area contributed by atoms with E-state index in [0.29, 0.717) is 19.1 Å². The molecule has 0 bridgehead atoms. The van der Waals surface area contributed by atoms with Crippen LogP contribution >= 0.6 is 0 Å². The Labute approximate surface area is 199 Å². The number of para-hydroxylation sites is 2. The van der Waals surface area contributed by atoms with Crippen LogP contribution in [0.1, 0.15) is 57.8 Å². The lowest BCUT2D eigenvalue weighted by atomic mass is 9.93. The highest BCUT2D eigenvalue weighted by molar-refractivity contribution is 7.88. The molecule has 182 valence electrons. The molecule has 2 aliphatic heterocycles. The molecule has 1 saturated heterocycles. The van der Waals surface area contributed by atoms with E-state index >= 15 is 0 Å². The predicted molar refractivity (Wildman–Crippen MR) is 132 cm³/mol. The Bertz CT molecular complexity index is 917. The smallest absolute Gasteiger partial charge is 0.208 e. The Morgan fingerprint density at radius 1 is 0.970 bits per heavy atom. The average molecular weight is 475 g/mol. The van der Waals surface area contributed by atoms with Gasteiger partial charge in [0.25, 0.3) is 0 Å². The second-order valence-electron chi connectivity index (χ2n) is 9.65. The number of nitrogens with one attached hydrogen (secondary N) is 2. The van der Waals surface area contributed by atoms with Crippen LogP contribution in [0.4, 0.5) is 11.4 Å². The second-order valence-corrected chi connectivity index (χ2v) is 11.5. The highest BCUT2D eigenvalue weighted by Crippen LogP contribution is 2.41. The van der Waals surface area contributed by atoms with Crippen molar-refractivity contribution in [1.82, 2.24) is 14.9 Å². The van der Waals surface area contributed by atoms with Gasteiger partial charge >= 0.3 is 0 Å². The van der Waals surface area contributed by atoms with Crippen molar-refractivity contribution < 1.29 is 8.42 Å². The van der Waals surface area contributed by atoms with Gasteiger partial charge in [0.2, 0.25) is 10.0 Å². The van der Waals surface area contributed by atoms with Crippen LogP contribution in [-0.4, -0.2) is 64.1 Å². The first-order valence-corrected chi connectivity index (χ1v) is 14.3. The zero-order chi connectivity index (χ0) is 23.3. The number of fused-ring (bicyclic) bond motifs is 1. The maximum atomic E-state index is 11.6. The fraction of sp³-hybridized carbons (Fsp3) is 0.708. The minimum Gasteiger partial charge on any atom is -0.331 e. The van der Waals surface area contributed by atoms with Crippen molar-refractivity contribution in [3.8, 4) is 6.19 Å². The molecule has 0 amide bonds. The van der Waals surface area contributed by atoms with E-state index in [9.17, 15) is 13.7 Å². The molecule has 8 nitrogen and oxygen atoms in total. The number of sulfonamides is 1. The van der Waals surface area contributed by atoms with Gasteiger partial charge in [-0.1, -0.05) is 44.2 Å². The van der Waals surface area contributed by atoms with Crippen LogP contribution in [0.5, 0.6) is 0 Å². The molecule has 0 spiro atoms. The minimum absolute atomic E-state index is 0.296. The highest BCUT2D eigenvalue weighted by atomic mass is 32.2. The van der Waals surface area contributed by atoms with Crippen LogP contribution in [-0.2, 0) is 10.0 Å². The molecule has 1 aliphatic carbocycles. The number of nitrogens with zero attached hydrogens (tertiary/aromatic N) is 4. The predicted octanol–water partition coefficient (Wildman–Crippen LogP) is 2.79. The van der Waals surface area contributed by atoms with Crippen molar-refractivity contribution in [3.63, 3.8) is 0 Å². The molecule has 1 aromatic carbocycles. The first-order valence-electron chi connectivity index (χ1n) is 12.5. The molecule has 2 heterocycles. The molecule has 4 rings (SSSR count). The molecule has 2 fully saturated rings. The summed E-state index contributed by atoms with van der Waals surface area (Å²) in [7, 11) is -3.26. The van der Waals surface area contributed by atoms with E-state index in [1.165, 1.54) is 51.2 Å². The molecule has 9 heteroatoms. The normalized spacial score (nSPS) is 23.6. The van der Waals surface area contributed by atoms with Crippen LogP contribution in [0, 0.1) is 11.5 Å². The standard InChI is InChI=1S/C24H38N6O2S/c1-33(31,32)27-15-18-29-22-11-7-8-12-23(22)30(24(29)26-19-25)21-13-16-28(17-14-21)20-9-5-3-2-4-6-10-20/h7-8,11-12,20-21,24,26-27H,2-6,9-10,13-18H2,1H3. The van der Waals surface area contributed by atoms with Crippen LogP contribution in [0.2, 0.25) is 0 Å². The summed E-state index contributed by atoms with van der Waals surface area (Å²) in [5.41, 5.74) is 2.16. The first kappa shape index (κ1) is 24.1. The van der Waals surface area contributed by atoms with Crippen LogP contribution < -0.4 is 19.8 Å². The van der Waals surface area contributed by atoms with E-state index in [0.717, 1.165) is 43.3 Å². The van der Waals surface area contributed by atoms with Crippen molar-refractivity contribution in [2.75, 3.05) is 42.2 Å². The first-order chi connectivity index (χ1) is 16.0. The summed E-state index contributed by atoms with van der Waals surface area (Å²) in [6, 6.07) is 9.29. The number of piperidine rings is 1. The zero-order valence-corrected chi connectivity index (χ0v) is 20.6. The van der Waals surface area contributed by atoms with Gasteiger partial charge in [0.15, 0.2) is 12.5 Å². The summed E-state index contributed by atoms with van der Waals surface area (Å²) in [6.45, 7) is 2.98. The topological polar surface area (TPSA) is 91.7 Å². The Kier molecular flexibility index (Phi) is 7.99. The Hall–Kier alpha value is -2.02. The van der Waals surface area contributed by atoms with Crippen LogP contribution in [0.15, 0.2) is 24.3 Å². The lowest BCUT2D eigenvalue weighted by molar-refractivity contribution is 0.126. The highest BCUT2D eigenvalue weighted by Gasteiger charge is 2.40. The number of hydrogen-bond donors (Lipinski definition) is 2. The SMILES string of the molecule is CS(=O)(=O)NCCN1c2ccccc2N(C2CCN(C3CCCCCCC3)CC2)C1NC#N. The van der Waals surface area contributed by atoms with Gasteiger partial charge in [-0.05, 0) is 37.8 Å². The summed E-state index contributed by atoms with van der Waals surface area (Å²) in [6.07, 6.45) is 14.7. The lowest BCUT2D eigenvalue weighted by Gasteiger charge is -2.43. The molecule has 3 aliphatic rings. The van der Waals surface area contributed by atoms with Gasteiger partial charge in [-0.15, -0.1) is 0 Å². The van der Waals surface area contributed by atoms with Crippen molar-refractivity contribution in [1.29, 1.82) is 5.26 Å². The molecule has 1 aromatic rings. The zero-order valence-electron chi connectivity index (χ0n) is 19.7. The molecule has 2 N–H and O–H groups in total. The van der Waals surface area contributed by atoms with Gasteiger partial charge in [-0.3, -0.25) is 5.32 Å². The van der Waals surface area contributed by atoms with E-state index in [1.807, 2.05) is 12.1 Å². The average Bonchev–Trinajstić information content (AvgIpc) is 3.07. The number of rotatable bonds is 7. The third-order valence-electron chi connectivity index (χ3n) is 7.42. The van der Waals surface area contributed by atoms with Crippen LogP contribution in [0.3, 0.4) is 0 Å². The number of benzene rings is 1. The van der Waals surface area contributed by atoms with E-state index in [-0.39, 0.29) is 6.29 Å². The molecule has 0 radical (unpaired) electrons. The van der Waals surface area contributed by atoms with Gasteiger partial charge in [0, 0.05) is 38.3 Å².